The minimum absolute atomic E-state index is 0.413. The number of ether oxygens (including phenoxy) is 1. The van der Waals surface area contributed by atoms with Crippen molar-refractivity contribution in [2.45, 2.75) is 11.8 Å². The summed E-state index contributed by atoms with van der Waals surface area (Å²) in [5, 5.41) is 3.46. The highest BCUT2D eigenvalue weighted by Crippen LogP contribution is 2.33. The molecule has 1 atom stereocenters. The molecule has 3 heteroatoms. The van der Waals surface area contributed by atoms with Gasteiger partial charge in [-0.05, 0) is 23.8 Å². The van der Waals surface area contributed by atoms with Crippen LogP contribution in [-0.4, -0.2) is 13.2 Å². The van der Waals surface area contributed by atoms with Crippen molar-refractivity contribution < 1.29 is 4.74 Å². The Morgan fingerprint density at radius 3 is 2.95 bits per heavy atom. The Labute approximate surface area is 118 Å². The van der Waals surface area contributed by atoms with Crippen LogP contribution < -0.4 is 10.1 Å². The third-order valence-corrected chi connectivity index (χ3v) is 3.74. The van der Waals surface area contributed by atoms with E-state index in [0.29, 0.717) is 11.8 Å². The maximum Gasteiger partial charge on any atom is 0.122 e. The molecule has 98 valence electrons. The highest BCUT2D eigenvalue weighted by atomic mass is 35.5. The van der Waals surface area contributed by atoms with Gasteiger partial charge >= 0.3 is 0 Å². The van der Waals surface area contributed by atoms with E-state index in [0.717, 1.165) is 30.2 Å². The van der Waals surface area contributed by atoms with E-state index in [9.17, 15) is 0 Å². The minimum atomic E-state index is 0.413. The molecular weight excluding hydrogens is 258 g/mol. The molecule has 0 saturated heterocycles. The van der Waals surface area contributed by atoms with E-state index >= 15 is 0 Å². The van der Waals surface area contributed by atoms with Crippen LogP contribution in [0.25, 0.3) is 0 Å². The number of fused-ring (bicyclic) bond motifs is 1. The average molecular weight is 274 g/mol. The predicted octanol–water partition coefficient (Wildman–Crippen LogP) is 4.01. The van der Waals surface area contributed by atoms with Gasteiger partial charge in [0.1, 0.15) is 5.75 Å². The van der Waals surface area contributed by atoms with Crippen LogP contribution in [0, 0.1) is 0 Å². The Balaban J connectivity index is 1.67. The molecule has 0 aliphatic carbocycles. The van der Waals surface area contributed by atoms with E-state index < -0.39 is 0 Å². The molecule has 2 aromatic rings. The lowest BCUT2D eigenvalue weighted by Crippen LogP contribution is -2.13. The SMILES string of the molecule is ClCc1cccc(NCC2COc3ccccc32)c1. The lowest BCUT2D eigenvalue weighted by atomic mass is 10.0. The van der Waals surface area contributed by atoms with E-state index in [1.54, 1.807) is 0 Å². The number of anilines is 1. The Bertz CT molecular complexity index is 570. The van der Waals surface area contributed by atoms with Gasteiger partial charge in [0.2, 0.25) is 0 Å². The highest BCUT2D eigenvalue weighted by molar-refractivity contribution is 6.17. The second-order valence-corrected chi connectivity index (χ2v) is 5.03. The number of nitrogens with one attached hydrogen (secondary N) is 1. The van der Waals surface area contributed by atoms with E-state index in [4.69, 9.17) is 16.3 Å². The van der Waals surface area contributed by atoms with Gasteiger partial charge in [0, 0.05) is 29.6 Å². The summed E-state index contributed by atoms with van der Waals surface area (Å²) in [5.74, 6) is 1.98. The highest BCUT2D eigenvalue weighted by Gasteiger charge is 2.23. The first kappa shape index (κ1) is 12.4. The van der Waals surface area contributed by atoms with Crippen LogP contribution in [0.3, 0.4) is 0 Å². The van der Waals surface area contributed by atoms with Gasteiger partial charge in [0.15, 0.2) is 0 Å². The third-order valence-electron chi connectivity index (χ3n) is 3.43. The lowest BCUT2D eigenvalue weighted by Gasteiger charge is -2.12. The predicted molar refractivity (Wildman–Crippen MR) is 79.2 cm³/mol. The third kappa shape index (κ3) is 2.69. The van der Waals surface area contributed by atoms with Gasteiger partial charge in [-0.1, -0.05) is 30.3 Å². The number of benzene rings is 2. The summed E-state index contributed by atoms with van der Waals surface area (Å²) in [6.07, 6.45) is 0. The molecular formula is C16H16ClNO. The molecule has 1 unspecified atom stereocenters. The standard InChI is InChI=1S/C16H16ClNO/c17-9-12-4-3-5-14(8-12)18-10-13-11-19-16-7-2-1-6-15(13)16/h1-8,13,18H,9-11H2. The van der Waals surface area contributed by atoms with Gasteiger partial charge < -0.3 is 10.1 Å². The summed E-state index contributed by atoms with van der Waals surface area (Å²) < 4.78 is 5.68. The van der Waals surface area contributed by atoms with Crippen LogP contribution in [0.2, 0.25) is 0 Å². The zero-order chi connectivity index (χ0) is 13.1. The second kappa shape index (κ2) is 5.54. The molecule has 2 aromatic carbocycles. The smallest absolute Gasteiger partial charge is 0.122 e. The second-order valence-electron chi connectivity index (χ2n) is 4.76. The zero-order valence-electron chi connectivity index (χ0n) is 10.6. The van der Waals surface area contributed by atoms with Gasteiger partial charge in [-0.2, -0.15) is 0 Å². The number of hydrogen-bond acceptors (Lipinski definition) is 2. The van der Waals surface area contributed by atoms with Crippen molar-refractivity contribution in [3.63, 3.8) is 0 Å². The summed E-state index contributed by atoms with van der Waals surface area (Å²) in [6, 6.07) is 16.5. The summed E-state index contributed by atoms with van der Waals surface area (Å²) in [6.45, 7) is 1.63. The molecule has 0 radical (unpaired) electrons. The van der Waals surface area contributed by atoms with E-state index in [-0.39, 0.29) is 0 Å². The van der Waals surface area contributed by atoms with Crippen LogP contribution in [0.1, 0.15) is 17.0 Å². The molecule has 2 nitrogen and oxygen atoms in total. The maximum atomic E-state index is 5.85. The maximum absolute atomic E-state index is 5.85. The molecule has 0 amide bonds. The fourth-order valence-corrected chi connectivity index (χ4v) is 2.57. The number of halogens is 1. The molecule has 0 aromatic heterocycles. The summed E-state index contributed by atoms with van der Waals surface area (Å²) in [4.78, 5) is 0. The van der Waals surface area contributed by atoms with Crippen molar-refractivity contribution in [3.05, 3.63) is 59.7 Å². The van der Waals surface area contributed by atoms with Gasteiger partial charge in [-0.3, -0.25) is 0 Å². The fourth-order valence-electron chi connectivity index (χ4n) is 2.40. The van der Waals surface area contributed by atoms with Crippen molar-refractivity contribution in [2.24, 2.45) is 0 Å². The molecule has 1 aliphatic heterocycles. The molecule has 1 heterocycles. The van der Waals surface area contributed by atoms with E-state index in [1.807, 2.05) is 24.3 Å². The number of rotatable bonds is 4. The molecule has 19 heavy (non-hydrogen) atoms. The van der Waals surface area contributed by atoms with Crippen LogP contribution in [-0.2, 0) is 5.88 Å². The molecule has 3 rings (SSSR count). The van der Waals surface area contributed by atoms with E-state index in [1.165, 1.54) is 5.56 Å². The number of para-hydroxylation sites is 1. The fraction of sp³-hybridized carbons (Fsp3) is 0.250. The van der Waals surface area contributed by atoms with E-state index in [2.05, 4.69) is 29.6 Å². The van der Waals surface area contributed by atoms with Crippen molar-refractivity contribution >= 4 is 17.3 Å². The Morgan fingerprint density at radius 1 is 1.16 bits per heavy atom. The van der Waals surface area contributed by atoms with Gasteiger partial charge in [0.05, 0.1) is 6.61 Å². The van der Waals surface area contributed by atoms with Crippen molar-refractivity contribution in [2.75, 3.05) is 18.5 Å². The van der Waals surface area contributed by atoms with Crippen molar-refractivity contribution in [3.8, 4) is 5.75 Å². The first-order valence-electron chi connectivity index (χ1n) is 6.47. The molecule has 0 saturated carbocycles. The van der Waals surface area contributed by atoms with Crippen LogP contribution in [0.15, 0.2) is 48.5 Å². The zero-order valence-corrected chi connectivity index (χ0v) is 11.4. The largest absolute Gasteiger partial charge is 0.493 e. The molecule has 0 fully saturated rings. The van der Waals surface area contributed by atoms with Crippen LogP contribution in [0.5, 0.6) is 5.75 Å². The number of hydrogen-bond donors (Lipinski definition) is 1. The summed E-state index contributed by atoms with van der Waals surface area (Å²) in [5.41, 5.74) is 3.54. The monoisotopic (exact) mass is 273 g/mol. The van der Waals surface area contributed by atoms with Crippen molar-refractivity contribution in [1.82, 2.24) is 0 Å². The molecule has 0 spiro atoms. The topological polar surface area (TPSA) is 21.3 Å². The average Bonchev–Trinajstić information content (AvgIpc) is 2.89. The molecule has 1 N–H and O–H groups in total. The molecule has 1 aliphatic rings. The summed E-state index contributed by atoms with van der Waals surface area (Å²) >= 11 is 5.85. The molecule has 0 bridgehead atoms. The Hall–Kier alpha value is -1.67. The summed E-state index contributed by atoms with van der Waals surface area (Å²) in [7, 11) is 0. The van der Waals surface area contributed by atoms with Gasteiger partial charge in [-0.25, -0.2) is 0 Å². The Morgan fingerprint density at radius 2 is 2.05 bits per heavy atom. The van der Waals surface area contributed by atoms with Crippen LogP contribution >= 0.6 is 11.6 Å². The number of alkyl halides is 1. The van der Waals surface area contributed by atoms with Crippen molar-refractivity contribution in [1.29, 1.82) is 0 Å². The first-order chi connectivity index (χ1) is 9.36. The first-order valence-corrected chi connectivity index (χ1v) is 7.01. The normalized spacial score (nSPS) is 16.8. The van der Waals surface area contributed by atoms with Gasteiger partial charge in [0.25, 0.3) is 0 Å². The minimum Gasteiger partial charge on any atom is -0.493 e. The van der Waals surface area contributed by atoms with Gasteiger partial charge in [-0.15, -0.1) is 11.6 Å². The Kier molecular flexibility index (Phi) is 3.60. The lowest BCUT2D eigenvalue weighted by molar-refractivity contribution is 0.334. The quantitative estimate of drug-likeness (QED) is 0.850. The van der Waals surface area contributed by atoms with Crippen LogP contribution in [0.4, 0.5) is 5.69 Å².